The van der Waals surface area contributed by atoms with E-state index in [4.69, 9.17) is 9.47 Å². The number of hydrogen-bond acceptors (Lipinski definition) is 3. The van der Waals surface area contributed by atoms with Gasteiger partial charge in [-0.25, -0.2) is 0 Å². The number of rotatable bonds is 3. The monoisotopic (exact) mass is 283 g/mol. The number of methoxy groups -OCH3 is 1. The molecule has 110 valence electrons. The van der Waals surface area contributed by atoms with Crippen molar-refractivity contribution < 1.29 is 9.47 Å². The molecule has 3 nitrogen and oxygen atoms in total. The fraction of sp³-hybridized carbons (Fsp3) is 0.333. The minimum Gasteiger partial charge on any atom is -0.497 e. The van der Waals surface area contributed by atoms with Crippen molar-refractivity contribution in [2.75, 3.05) is 21.2 Å². The number of aryl methyl sites for hydroxylation is 1. The second-order valence-corrected chi connectivity index (χ2v) is 5.72. The molecule has 1 unspecified atom stereocenters. The molecule has 1 heterocycles. The number of benzene rings is 2. The molecule has 0 aromatic heterocycles. The highest BCUT2D eigenvalue weighted by Crippen LogP contribution is 2.42. The van der Waals surface area contributed by atoms with Crippen LogP contribution in [0.15, 0.2) is 36.4 Å². The lowest BCUT2D eigenvalue weighted by atomic mass is 9.97. The van der Waals surface area contributed by atoms with Crippen LogP contribution >= 0.6 is 0 Å². The van der Waals surface area contributed by atoms with Crippen molar-refractivity contribution in [3.63, 3.8) is 0 Å². The van der Waals surface area contributed by atoms with Crippen molar-refractivity contribution in [1.82, 2.24) is 4.90 Å². The Morgan fingerprint density at radius 2 is 1.90 bits per heavy atom. The van der Waals surface area contributed by atoms with Crippen LogP contribution < -0.4 is 9.47 Å². The lowest BCUT2D eigenvalue weighted by Crippen LogP contribution is -2.31. The summed E-state index contributed by atoms with van der Waals surface area (Å²) in [5, 5.41) is 0. The minimum absolute atomic E-state index is 0.0925. The molecule has 2 aromatic rings. The molecule has 3 rings (SSSR count). The molecular weight excluding hydrogens is 262 g/mol. The van der Waals surface area contributed by atoms with Gasteiger partial charge in [-0.1, -0.05) is 24.3 Å². The fourth-order valence-electron chi connectivity index (χ4n) is 2.80. The first-order valence-electron chi connectivity index (χ1n) is 7.20. The number of hydrogen-bond donors (Lipinski definition) is 0. The van der Waals surface area contributed by atoms with Crippen molar-refractivity contribution in [2.45, 2.75) is 19.6 Å². The molecule has 0 saturated carbocycles. The Labute approximate surface area is 126 Å². The summed E-state index contributed by atoms with van der Waals surface area (Å²) in [4.78, 5) is 2.11. The topological polar surface area (TPSA) is 21.7 Å². The van der Waals surface area contributed by atoms with Crippen molar-refractivity contribution in [3.05, 3.63) is 47.5 Å². The Hall–Kier alpha value is -2.00. The molecule has 3 heteroatoms. The van der Waals surface area contributed by atoms with Crippen LogP contribution in [-0.2, 0) is 6.42 Å². The molecule has 0 amide bonds. The van der Waals surface area contributed by atoms with Gasteiger partial charge < -0.3 is 9.47 Å². The zero-order chi connectivity index (χ0) is 15.0. The van der Waals surface area contributed by atoms with Crippen LogP contribution in [0.2, 0.25) is 0 Å². The van der Waals surface area contributed by atoms with E-state index in [-0.39, 0.29) is 6.23 Å². The molecule has 0 radical (unpaired) electrons. The van der Waals surface area contributed by atoms with Gasteiger partial charge in [0, 0.05) is 17.5 Å². The first-order valence-corrected chi connectivity index (χ1v) is 7.20. The molecule has 1 aliphatic heterocycles. The van der Waals surface area contributed by atoms with Crippen LogP contribution in [0.3, 0.4) is 0 Å². The zero-order valence-corrected chi connectivity index (χ0v) is 13.0. The number of ether oxygens (including phenoxy) is 2. The van der Waals surface area contributed by atoms with Crippen molar-refractivity contribution in [2.24, 2.45) is 0 Å². The van der Waals surface area contributed by atoms with Gasteiger partial charge in [-0.3, -0.25) is 4.90 Å². The lowest BCUT2D eigenvalue weighted by molar-refractivity contribution is 0.0866. The normalized spacial score (nSPS) is 16.7. The van der Waals surface area contributed by atoms with E-state index in [1.165, 1.54) is 16.7 Å². The van der Waals surface area contributed by atoms with E-state index in [2.05, 4.69) is 48.2 Å². The molecule has 0 spiro atoms. The van der Waals surface area contributed by atoms with E-state index in [1.807, 2.05) is 14.1 Å². The van der Waals surface area contributed by atoms with Gasteiger partial charge >= 0.3 is 0 Å². The molecule has 1 atom stereocenters. The van der Waals surface area contributed by atoms with Crippen LogP contribution in [0, 0.1) is 6.92 Å². The maximum atomic E-state index is 6.18. The van der Waals surface area contributed by atoms with Crippen LogP contribution in [0.1, 0.15) is 11.1 Å². The third kappa shape index (κ3) is 2.49. The Kier molecular flexibility index (Phi) is 3.60. The molecule has 21 heavy (non-hydrogen) atoms. The molecular formula is C18H21NO2. The van der Waals surface area contributed by atoms with Gasteiger partial charge in [-0.15, -0.1) is 0 Å². The lowest BCUT2D eigenvalue weighted by Gasteiger charge is -2.19. The molecule has 0 fully saturated rings. The molecule has 1 aliphatic rings. The van der Waals surface area contributed by atoms with E-state index < -0.39 is 0 Å². The molecule has 0 N–H and O–H groups in total. The van der Waals surface area contributed by atoms with Crippen LogP contribution in [0.25, 0.3) is 11.1 Å². The van der Waals surface area contributed by atoms with Gasteiger partial charge in [0.1, 0.15) is 11.5 Å². The van der Waals surface area contributed by atoms with Crippen molar-refractivity contribution in [3.8, 4) is 22.6 Å². The second-order valence-electron chi connectivity index (χ2n) is 5.72. The zero-order valence-electron chi connectivity index (χ0n) is 13.0. The molecule has 0 bridgehead atoms. The number of nitrogens with zero attached hydrogens (tertiary/aromatic N) is 1. The third-order valence-corrected chi connectivity index (χ3v) is 4.03. The number of fused-ring (bicyclic) bond motifs is 1. The van der Waals surface area contributed by atoms with Gasteiger partial charge in [0.05, 0.1) is 7.11 Å². The summed E-state index contributed by atoms with van der Waals surface area (Å²) in [5.41, 5.74) is 4.77. The summed E-state index contributed by atoms with van der Waals surface area (Å²) in [7, 11) is 5.80. The predicted molar refractivity (Wildman–Crippen MR) is 85.0 cm³/mol. The number of likely N-dealkylation sites (N-methyl/N-ethyl adjacent to an activating group) is 1. The Bertz CT molecular complexity index is 664. The fourth-order valence-corrected chi connectivity index (χ4v) is 2.80. The SMILES string of the molecule is COc1cc2c(c(-c3ccccc3C)c1)OC(N(C)C)C2. The average molecular weight is 283 g/mol. The van der Waals surface area contributed by atoms with Gasteiger partial charge in [-0.05, 0) is 44.3 Å². The Morgan fingerprint density at radius 1 is 1.14 bits per heavy atom. The van der Waals surface area contributed by atoms with Crippen molar-refractivity contribution in [1.29, 1.82) is 0 Å². The summed E-state index contributed by atoms with van der Waals surface area (Å²) in [6.07, 6.45) is 0.980. The van der Waals surface area contributed by atoms with E-state index in [1.54, 1.807) is 7.11 Å². The van der Waals surface area contributed by atoms with Gasteiger partial charge in [0.25, 0.3) is 0 Å². The minimum atomic E-state index is 0.0925. The van der Waals surface area contributed by atoms with E-state index >= 15 is 0 Å². The van der Waals surface area contributed by atoms with Gasteiger partial charge in [0.2, 0.25) is 0 Å². The Balaban J connectivity index is 2.14. The maximum Gasteiger partial charge on any atom is 0.156 e. The summed E-state index contributed by atoms with van der Waals surface area (Å²) >= 11 is 0. The van der Waals surface area contributed by atoms with E-state index in [9.17, 15) is 0 Å². The highest BCUT2D eigenvalue weighted by Gasteiger charge is 2.28. The van der Waals surface area contributed by atoms with Crippen LogP contribution in [0.5, 0.6) is 11.5 Å². The standard InChI is InChI=1S/C18H21NO2/c1-12-7-5-6-8-15(12)16-11-14(20-4)9-13-10-17(19(2)3)21-18(13)16/h5-9,11,17H,10H2,1-4H3. The van der Waals surface area contributed by atoms with Crippen molar-refractivity contribution >= 4 is 0 Å². The van der Waals surface area contributed by atoms with Gasteiger partial charge in [0.15, 0.2) is 6.23 Å². The average Bonchev–Trinajstić information content (AvgIpc) is 2.91. The molecule has 2 aromatic carbocycles. The first kappa shape index (κ1) is 14.0. The second kappa shape index (κ2) is 5.41. The predicted octanol–water partition coefficient (Wildman–Crippen LogP) is 3.49. The smallest absolute Gasteiger partial charge is 0.156 e. The first-order chi connectivity index (χ1) is 10.1. The molecule has 0 aliphatic carbocycles. The highest BCUT2D eigenvalue weighted by atomic mass is 16.5. The summed E-state index contributed by atoms with van der Waals surface area (Å²) in [6.45, 7) is 2.12. The van der Waals surface area contributed by atoms with Gasteiger partial charge in [-0.2, -0.15) is 0 Å². The van der Waals surface area contributed by atoms with Crippen LogP contribution in [0.4, 0.5) is 0 Å². The quantitative estimate of drug-likeness (QED) is 0.860. The van der Waals surface area contributed by atoms with Crippen LogP contribution in [-0.4, -0.2) is 32.3 Å². The summed E-state index contributed by atoms with van der Waals surface area (Å²) in [6, 6.07) is 12.5. The molecule has 0 saturated heterocycles. The summed E-state index contributed by atoms with van der Waals surface area (Å²) in [5.74, 6) is 1.87. The maximum absolute atomic E-state index is 6.18. The third-order valence-electron chi connectivity index (χ3n) is 4.03. The van der Waals surface area contributed by atoms with E-state index in [0.29, 0.717) is 0 Å². The Morgan fingerprint density at radius 3 is 2.57 bits per heavy atom. The highest BCUT2D eigenvalue weighted by molar-refractivity contribution is 5.77. The van der Waals surface area contributed by atoms with E-state index in [0.717, 1.165) is 23.5 Å². The summed E-state index contributed by atoms with van der Waals surface area (Å²) < 4.78 is 11.6. The largest absolute Gasteiger partial charge is 0.497 e.